The smallest absolute Gasteiger partial charge is 0.251 e. The largest absolute Gasteiger partial charge is 0.486 e. The third-order valence-electron chi connectivity index (χ3n) is 4.65. The Morgan fingerprint density at radius 2 is 1.93 bits per heavy atom. The highest BCUT2D eigenvalue weighted by Gasteiger charge is 2.13. The van der Waals surface area contributed by atoms with Crippen LogP contribution in [0.4, 0.5) is 0 Å². The summed E-state index contributed by atoms with van der Waals surface area (Å²) in [6.07, 6.45) is 3.62. The predicted octanol–water partition coefficient (Wildman–Crippen LogP) is 4.11. The zero-order valence-corrected chi connectivity index (χ0v) is 16.2. The van der Waals surface area contributed by atoms with Crippen LogP contribution in [0.1, 0.15) is 45.8 Å². The van der Waals surface area contributed by atoms with E-state index in [1.54, 1.807) is 30.5 Å². The molecule has 27 heavy (non-hydrogen) atoms. The SMILES string of the molecule is Cc1ccc(C)c(C(C)NC(=O)c2ccc(OCc3nccn3C)cc2)c1. The normalized spacial score (nSPS) is 11.9. The summed E-state index contributed by atoms with van der Waals surface area (Å²) < 4.78 is 7.64. The lowest BCUT2D eigenvalue weighted by molar-refractivity contribution is 0.0939. The molecule has 0 fully saturated rings. The van der Waals surface area contributed by atoms with Gasteiger partial charge in [-0.1, -0.05) is 23.8 Å². The molecule has 2 aromatic carbocycles. The molecular weight excluding hydrogens is 338 g/mol. The van der Waals surface area contributed by atoms with Gasteiger partial charge < -0.3 is 14.6 Å². The van der Waals surface area contributed by atoms with Crippen molar-refractivity contribution in [2.75, 3.05) is 0 Å². The van der Waals surface area contributed by atoms with Gasteiger partial charge in [0.1, 0.15) is 18.2 Å². The Labute approximate surface area is 160 Å². The van der Waals surface area contributed by atoms with Crippen molar-refractivity contribution in [3.05, 3.63) is 82.9 Å². The average molecular weight is 363 g/mol. The maximum atomic E-state index is 12.6. The van der Waals surface area contributed by atoms with Crippen molar-refractivity contribution in [3.8, 4) is 5.75 Å². The maximum absolute atomic E-state index is 12.6. The number of carbonyl (C=O) groups is 1. The van der Waals surface area contributed by atoms with E-state index in [0.29, 0.717) is 17.9 Å². The fraction of sp³-hybridized carbons (Fsp3) is 0.273. The minimum absolute atomic E-state index is 0.0586. The highest BCUT2D eigenvalue weighted by Crippen LogP contribution is 2.20. The molecular formula is C22H25N3O2. The lowest BCUT2D eigenvalue weighted by Gasteiger charge is -2.17. The summed E-state index contributed by atoms with van der Waals surface area (Å²) >= 11 is 0. The second-order valence-electron chi connectivity index (χ2n) is 6.82. The number of benzene rings is 2. The first-order valence-corrected chi connectivity index (χ1v) is 9.01. The Morgan fingerprint density at radius 1 is 1.19 bits per heavy atom. The van der Waals surface area contributed by atoms with E-state index in [2.05, 4.69) is 42.3 Å². The summed E-state index contributed by atoms with van der Waals surface area (Å²) in [6.45, 7) is 6.51. The molecule has 1 unspecified atom stereocenters. The standard InChI is InChI=1S/C22H25N3O2/c1-15-5-6-16(2)20(13-15)17(3)24-22(26)18-7-9-19(10-8-18)27-14-21-23-11-12-25(21)4/h5-13,17H,14H2,1-4H3,(H,24,26). The van der Waals surface area contributed by atoms with E-state index in [-0.39, 0.29) is 11.9 Å². The molecule has 0 saturated carbocycles. The second-order valence-corrected chi connectivity index (χ2v) is 6.82. The highest BCUT2D eigenvalue weighted by atomic mass is 16.5. The van der Waals surface area contributed by atoms with Gasteiger partial charge in [0.15, 0.2) is 0 Å². The van der Waals surface area contributed by atoms with Gasteiger partial charge in [0.25, 0.3) is 5.91 Å². The van der Waals surface area contributed by atoms with Crippen LogP contribution < -0.4 is 10.1 Å². The number of hydrogen-bond acceptors (Lipinski definition) is 3. The summed E-state index contributed by atoms with van der Waals surface area (Å²) in [5.41, 5.74) is 4.10. The molecule has 1 amide bonds. The first kappa shape index (κ1) is 18.7. The van der Waals surface area contributed by atoms with Gasteiger partial charge in [-0.25, -0.2) is 4.98 Å². The van der Waals surface area contributed by atoms with Crippen molar-refractivity contribution in [1.29, 1.82) is 0 Å². The lowest BCUT2D eigenvalue weighted by Crippen LogP contribution is -2.27. The molecule has 0 aliphatic heterocycles. The predicted molar refractivity (Wildman–Crippen MR) is 106 cm³/mol. The first-order valence-electron chi connectivity index (χ1n) is 9.01. The van der Waals surface area contributed by atoms with Gasteiger partial charge in [0.05, 0.1) is 6.04 Å². The van der Waals surface area contributed by atoms with Gasteiger partial charge in [-0.3, -0.25) is 4.79 Å². The van der Waals surface area contributed by atoms with Crippen LogP contribution in [0.3, 0.4) is 0 Å². The molecule has 0 saturated heterocycles. The van der Waals surface area contributed by atoms with Gasteiger partial charge in [-0.15, -0.1) is 0 Å². The number of nitrogens with zero attached hydrogens (tertiary/aromatic N) is 2. The van der Waals surface area contributed by atoms with E-state index in [4.69, 9.17) is 4.74 Å². The van der Waals surface area contributed by atoms with Crippen molar-refractivity contribution < 1.29 is 9.53 Å². The van der Waals surface area contributed by atoms with Crippen LogP contribution in [-0.2, 0) is 13.7 Å². The van der Waals surface area contributed by atoms with E-state index in [9.17, 15) is 4.79 Å². The molecule has 3 aromatic rings. The van der Waals surface area contributed by atoms with E-state index < -0.39 is 0 Å². The van der Waals surface area contributed by atoms with Crippen molar-refractivity contribution >= 4 is 5.91 Å². The van der Waals surface area contributed by atoms with E-state index >= 15 is 0 Å². The number of carbonyl (C=O) groups excluding carboxylic acids is 1. The molecule has 0 spiro atoms. The number of nitrogens with one attached hydrogen (secondary N) is 1. The number of aromatic nitrogens is 2. The Balaban J connectivity index is 1.61. The van der Waals surface area contributed by atoms with Gasteiger partial charge in [-0.2, -0.15) is 0 Å². The first-order chi connectivity index (χ1) is 12.9. The molecule has 5 nitrogen and oxygen atoms in total. The third-order valence-corrected chi connectivity index (χ3v) is 4.65. The number of imidazole rings is 1. The number of ether oxygens (including phenoxy) is 1. The number of hydrogen-bond donors (Lipinski definition) is 1. The van der Waals surface area contributed by atoms with Crippen LogP contribution in [0.2, 0.25) is 0 Å². The van der Waals surface area contributed by atoms with Gasteiger partial charge in [0, 0.05) is 25.0 Å². The Bertz CT molecular complexity index is 929. The van der Waals surface area contributed by atoms with E-state index in [1.807, 2.05) is 24.7 Å². The second kappa shape index (κ2) is 8.08. The minimum atomic E-state index is -0.0981. The Hall–Kier alpha value is -3.08. The molecule has 0 aliphatic carbocycles. The van der Waals surface area contributed by atoms with E-state index in [1.165, 1.54) is 11.1 Å². The van der Waals surface area contributed by atoms with Crippen molar-refractivity contribution in [2.45, 2.75) is 33.4 Å². The summed E-state index contributed by atoms with van der Waals surface area (Å²) in [5.74, 6) is 1.45. The molecule has 140 valence electrons. The average Bonchev–Trinajstić information content (AvgIpc) is 3.07. The van der Waals surface area contributed by atoms with Crippen molar-refractivity contribution in [1.82, 2.24) is 14.9 Å². The summed E-state index contributed by atoms with van der Waals surface area (Å²) in [5, 5.41) is 3.07. The third kappa shape index (κ3) is 4.56. The van der Waals surface area contributed by atoms with Crippen LogP contribution in [0.15, 0.2) is 54.9 Å². The van der Waals surface area contributed by atoms with Crippen molar-refractivity contribution in [2.24, 2.45) is 7.05 Å². The van der Waals surface area contributed by atoms with Gasteiger partial charge >= 0.3 is 0 Å². The molecule has 1 N–H and O–H groups in total. The number of amides is 1. The molecule has 0 bridgehead atoms. The van der Waals surface area contributed by atoms with Gasteiger partial charge in [-0.05, 0) is 56.2 Å². The molecule has 5 heteroatoms. The van der Waals surface area contributed by atoms with Crippen LogP contribution in [0.5, 0.6) is 5.75 Å². The number of aryl methyl sites for hydroxylation is 3. The Morgan fingerprint density at radius 3 is 2.59 bits per heavy atom. The summed E-state index contributed by atoms with van der Waals surface area (Å²) in [4.78, 5) is 16.8. The monoisotopic (exact) mass is 363 g/mol. The summed E-state index contributed by atoms with van der Waals surface area (Å²) in [7, 11) is 1.93. The molecule has 0 aliphatic rings. The topological polar surface area (TPSA) is 56.1 Å². The molecule has 1 heterocycles. The zero-order chi connectivity index (χ0) is 19.4. The summed E-state index contributed by atoms with van der Waals surface area (Å²) in [6, 6.07) is 13.4. The van der Waals surface area contributed by atoms with Crippen LogP contribution in [0.25, 0.3) is 0 Å². The quantitative estimate of drug-likeness (QED) is 0.717. The fourth-order valence-corrected chi connectivity index (χ4v) is 2.97. The highest BCUT2D eigenvalue weighted by molar-refractivity contribution is 5.94. The fourth-order valence-electron chi connectivity index (χ4n) is 2.97. The van der Waals surface area contributed by atoms with Gasteiger partial charge in [0.2, 0.25) is 0 Å². The molecule has 1 aromatic heterocycles. The van der Waals surface area contributed by atoms with E-state index in [0.717, 1.165) is 11.4 Å². The zero-order valence-electron chi connectivity index (χ0n) is 16.2. The van der Waals surface area contributed by atoms with Crippen LogP contribution in [0, 0.1) is 13.8 Å². The molecule has 3 rings (SSSR count). The maximum Gasteiger partial charge on any atom is 0.251 e. The Kier molecular flexibility index (Phi) is 5.60. The lowest BCUT2D eigenvalue weighted by atomic mass is 10.00. The number of rotatable bonds is 6. The molecule has 0 radical (unpaired) electrons. The van der Waals surface area contributed by atoms with Crippen molar-refractivity contribution in [3.63, 3.8) is 0 Å². The minimum Gasteiger partial charge on any atom is -0.486 e. The molecule has 1 atom stereocenters. The van der Waals surface area contributed by atoms with Crippen LogP contribution >= 0.6 is 0 Å². The van der Waals surface area contributed by atoms with Crippen LogP contribution in [-0.4, -0.2) is 15.5 Å².